The van der Waals surface area contributed by atoms with Crippen LogP contribution in [0.25, 0.3) is 16.5 Å². The summed E-state index contributed by atoms with van der Waals surface area (Å²) < 4.78 is 8.08. The van der Waals surface area contributed by atoms with Gasteiger partial charge < -0.3 is 4.74 Å². The maximum Gasteiger partial charge on any atom is 0.254 e. The number of rotatable bonds is 4. The second-order valence-corrected chi connectivity index (χ2v) is 8.63. The molecule has 0 bridgehead atoms. The number of nitrogens with one attached hydrogen (secondary N) is 1. The Bertz CT molecular complexity index is 1340. The van der Waals surface area contributed by atoms with Crippen molar-refractivity contribution in [1.29, 1.82) is 0 Å². The molecule has 1 N–H and O–H groups in total. The largest absolute Gasteiger partial charge is 0.472 e. The number of fused-ring (bicyclic) bond motifs is 3. The molecule has 32 heavy (non-hydrogen) atoms. The van der Waals surface area contributed by atoms with E-state index in [0.29, 0.717) is 29.6 Å². The molecule has 1 aliphatic heterocycles. The number of aromatic nitrogens is 5. The number of anilines is 1. The molecule has 4 aromatic rings. The maximum atomic E-state index is 13.3. The van der Waals surface area contributed by atoms with Crippen molar-refractivity contribution in [3.05, 3.63) is 64.4 Å². The molecule has 5 rings (SSSR count). The number of hydrogen-bond donors (Lipinski definition) is 1. The van der Waals surface area contributed by atoms with E-state index in [0.717, 1.165) is 33.2 Å². The second-order valence-electron chi connectivity index (χ2n) is 7.80. The van der Waals surface area contributed by atoms with Gasteiger partial charge in [-0.3, -0.25) is 14.8 Å². The molecule has 0 saturated carbocycles. The molecule has 3 aromatic heterocycles. The van der Waals surface area contributed by atoms with E-state index in [1.165, 1.54) is 11.3 Å². The van der Waals surface area contributed by atoms with Crippen LogP contribution in [0.3, 0.4) is 0 Å². The molecular weight excluding hydrogens is 424 g/mol. The van der Waals surface area contributed by atoms with E-state index in [-0.39, 0.29) is 11.9 Å². The van der Waals surface area contributed by atoms with Crippen LogP contribution in [0.5, 0.6) is 5.88 Å². The Balaban J connectivity index is 1.76. The number of benzene rings is 1. The van der Waals surface area contributed by atoms with Crippen molar-refractivity contribution in [2.24, 2.45) is 0 Å². The highest BCUT2D eigenvalue weighted by Gasteiger charge is 2.27. The third-order valence-electron chi connectivity index (χ3n) is 5.49. The monoisotopic (exact) mass is 446 g/mol. The number of nitrogens with zero attached hydrogens (tertiary/aromatic N) is 5. The number of ether oxygens (including phenoxy) is 1. The smallest absolute Gasteiger partial charge is 0.254 e. The van der Waals surface area contributed by atoms with Crippen molar-refractivity contribution in [1.82, 2.24) is 25.0 Å². The molecule has 0 spiro atoms. The van der Waals surface area contributed by atoms with Gasteiger partial charge in [0.1, 0.15) is 12.1 Å². The first-order valence-corrected chi connectivity index (χ1v) is 11.3. The lowest BCUT2D eigenvalue weighted by Crippen LogP contribution is -2.16. The van der Waals surface area contributed by atoms with Gasteiger partial charge >= 0.3 is 0 Å². The predicted octanol–water partition coefficient (Wildman–Crippen LogP) is 4.61. The molecule has 1 aromatic carbocycles. The summed E-state index contributed by atoms with van der Waals surface area (Å²) in [5, 5.41) is 16.7. The number of amides is 1. The van der Waals surface area contributed by atoms with E-state index in [4.69, 9.17) is 4.74 Å². The number of carbonyl (C=O) groups excluding carboxylic acids is 1. The molecule has 1 aliphatic rings. The first-order chi connectivity index (χ1) is 15.6. The lowest BCUT2D eigenvalue weighted by Gasteiger charge is -2.16. The molecule has 0 saturated heterocycles. The lowest BCUT2D eigenvalue weighted by molar-refractivity contribution is -0.112. The van der Waals surface area contributed by atoms with E-state index >= 15 is 0 Å². The Labute approximate surface area is 189 Å². The Morgan fingerprint density at radius 3 is 2.94 bits per heavy atom. The van der Waals surface area contributed by atoms with E-state index < -0.39 is 0 Å². The average Bonchev–Trinajstić information content (AvgIpc) is 3.41. The number of pyridine rings is 1. The first kappa shape index (κ1) is 20.3. The van der Waals surface area contributed by atoms with Crippen LogP contribution in [0.15, 0.2) is 47.7 Å². The molecule has 9 heteroatoms. The standard InChI is InChI=1S/C23H22N6O2S/c1-4-16(21(30)27-23-28-25-12-32-23)20-17-6-5-7-24-22(17)31-11-15-9-19-14(8-18(15)20)10-26-29(19)13(2)3/h5-10,12-13H,4,11H2,1-3H3,(H,27,28,30)/b20-16+. The molecule has 0 unspecified atom stereocenters. The van der Waals surface area contributed by atoms with Crippen LogP contribution in [0.1, 0.15) is 49.9 Å². The van der Waals surface area contributed by atoms with Gasteiger partial charge in [0.05, 0.1) is 11.7 Å². The van der Waals surface area contributed by atoms with Crippen molar-refractivity contribution in [2.45, 2.75) is 39.8 Å². The summed E-state index contributed by atoms with van der Waals surface area (Å²) in [5.41, 5.74) is 6.83. The predicted molar refractivity (Wildman–Crippen MR) is 124 cm³/mol. The third-order valence-corrected chi connectivity index (χ3v) is 6.10. The summed E-state index contributed by atoms with van der Waals surface area (Å²) in [7, 11) is 0. The van der Waals surface area contributed by atoms with Crippen LogP contribution >= 0.6 is 11.3 Å². The van der Waals surface area contributed by atoms with Gasteiger partial charge in [-0.25, -0.2) is 4.98 Å². The van der Waals surface area contributed by atoms with Crippen molar-refractivity contribution >= 4 is 38.9 Å². The van der Waals surface area contributed by atoms with Gasteiger partial charge in [-0.2, -0.15) is 5.10 Å². The minimum absolute atomic E-state index is 0.208. The summed E-state index contributed by atoms with van der Waals surface area (Å²) in [6.45, 7) is 6.54. The third kappa shape index (κ3) is 3.44. The molecule has 4 heterocycles. The van der Waals surface area contributed by atoms with Crippen molar-refractivity contribution in [3.63, 3.8) is 0 Å². The molecule has 0 radical (unpaired) electrons. The van der Waals surface area contributed by atoms with Crippen molar-refractivity contribution in [2.75, 3.05) is 5.32 Å². The Kier molecular flexibility index (Phi) is 5.18. The Morgan fingerprint density at radius 2 is 2.19 bits per heavy atom. The molecule has 8 nitrogen and oxygen atoms in total. The van der Waals surface area contributed by atoms with Crippen molar-refractivity contribution < 1.29 is 9.53 Å². The van der Waals surface area contributed by atoms with Gasteiger partial charge in [-0.05, 0) is 55.7 Å². The number of carbonyl (C=O) groups is 1. The van der Waals surface area contributed by atoms with E-state index in [9.17, 15) is 4.79 Å². The quantitative estimate of drug-likeness (QED) is 0.460. The maximum absolute atomic E-state index is 13.3. The molecule has 0 atom stereocenters. The highest BCUT2D eigenvalue weighted by molar-refractivity contribution is 7.13. The molecule has 0 aliphatic carbocycles. The van der Waals surface area contributed by atoms with Gasteiger partial charge in [0.15, 0.2) is 0 Å². The van der Waals surface area contributed by atoms with Gasteiger partial charge in [-0.1, -0.05) is 18.3 Å². The average molecular weight is 447 g/mol. The number of hydrogen-bond acceptors (Lipinski definition) is 7. The summed E-state index contributed by atoms with van der Waals surface area (Å²) in [6.07, 6.45) is 4.10. The molecule has 162 valence electrons. The topological polar surface area (TPSA) is 94.8 Å². The fraction of sp³-hybridized carbons (Fsp3) is 0.261. The van der Waals surface area contributed by atoms with Gasteiger partial charge in [0.2, 0.25) is 11.0 Å². The Hall–Kier alpha value is -3.59. The zero-order valence-electron chi connectivity index (χ0n) is 18.0. The second kappa shape index (κ2) is 8.16. The minimum Gasteiger partial charge on any atom is -0.472 e. The van der Waals surface area contributed by atoms with Crippen LogP contribution in [0.2, 0.25) is 0 Å². The zero-order valence-corrected chi connectivity index (χ0v) is 18.8. The summed E-state index contributed by atoms with van der Waals surface area (Å²) in [6, 6.07) is 8.25. The minimum atomic E-state index is -0.208. The van der Waals surface area contributed by atoms with Crippen LogP contribution in [-0.4, -0.2) is 30.9 Å². The SMILES string of the molecule is CC/C(C(=O)Nc1nncs1)=C1\c2cc3cnn(C(C)C)c3cc2COc2ncccc21. The molecular formula is C23H22N6O2S. The van der Waals surface area contributed by atoms with E-state index in [1.807, 2.05) is 29.9 Å². The Morgan fingerprint density at radius 1 is 1.31 bits per heavy atom. The summed E-state index contributed by atoms with van der Waals surface area (Å²) in [4.78, 5) is 17.8. The fourth-order valence-electron chi connectivity index (χ4n) is 4.06. The van der Waals surface area contributed by atoms with Crippen LogP contribution in [-0.2, 0) is 11.4 Å². The molecule has 1 amide bonds. The normalized spacial score (nSPS) is 14.5. The van der Waals surface area contributed by atoms with Crippen LogP contribution < -0.4 is 10.1 Å². The summed E-state index contributed by atoms with van der Waals surface area (Å²) >= 11 is 1.28. The highest BCUT2D eigenvalue weighted by Crippen LogP contribution is 2.40. The van der Waals surface area contributed by atoms with Gasteiger partial charge in [0.25, 0.3) is 5.91 Å². The van der Waals surface area contributed by atoms with Gasteiger partial charge in [0, 0.05) is 34.3 Å². The zero-order chi connectivity index (χ0) is 22.2. The molecule has 0 fully saturated rings. The van der Waals surface area contributed by atoms with Crippen LogP contribution in [0.4, 0.5) is 5.13 Å². The van der Waals surface area contributed by atoms with Crippen LogP contribution in [0, 0.1) is 0 Å². The highest BCUT2D eigenvalue weighted by atomic mass is 32.1. The van der Waals surface area contributed by atoms with E-state index in [1.54, 1.807) is 11.7 Å². The lowest BCUT2D eigenvalue weighted by atomic mass is 9.89. The first-order valence-electron chi connectivity index (χ1n) is 10.5. The van der Waals surface area contributed by atoms with E-state index in [2.05, 4.69) is 51.6 Å². The summed E-state index contributed by atoms with van der Waals surface area (Å²) in [5.74, 6) is 0.308. The fourth-order valence-corrected chi connectivity index (χ4v) is 4.50. The van der Waals surface area contributed by atoms with Crippen molar-refractivity contribution in [3.8, 4) is 5.88 Å². The van der Waals surface area contributed by atoms with Gasteiger partial charge in [-0.15, -0.1) is 10.2 Å².